The molecule has 2 N–H and O–H groups in total. The van der Waals surface area contributed by atoms with Crippen LogP contribution in [-0.4, -0.2) is 35.3 Å². The number of aromatic nitrogens is 4. The van der Waals surface area contributed by atoms with E-state index in [4.69, 9.17) is 23.2 Å². The molecule has 0 radical (unpaired) electrons. The lowest BCUT2D eigenvalue weighted by Gasteiger charge is -1.97. The number of rotatable bonds is 0. The maximum absolute atomic E-state index is 10.5. The van der Waals surface area contributed by atoms with Gasteiger partial charge in [-0.15, -0.1) is 0 Å². The second kappa shape index (κ2) is 9.58. The topological polar surface area (TPSA) is 94.7 Å². The van der Waals surface area contributed by atoms with Crippen LogP contribution in [0.15, 0.2) is 18.5 Å². The third kappa shape index (κ3) is 6.93. The van der Waals surface area contributed by atoms with Crippen molar-refractivity contribution in [1.82, 2.24) is 23.5 Å². The van der Waals surface area contributed by atoms with Crippen LogP contribution in [-0.2, 0) is 9.59 Å². The van der Waals surface area contributed by atoms with Crippen molar-refractivity contribution in [2.24, 2.45) is 0 Å². The van der Waals surface area contributed by atoms with Crippen molar-refractivity contribution in [3.8, 4) is 0 Å². The van der Waals surface area contributed by atoms with E-state index in [0.29, 0.717) is 23.1 Å². The fourth-order valence-electron chi connectivity index (χ4n) is 1.04. The average Bonchev–Trinajstić information content (AvgIpc) is 3.14. The molecule has 11 heteroatoms. The van der Waals surface area contributed by atoms with Gasteiger partial charge in [-0.1, -0.05) is 23.2 Å². The van der Waals surface area contributed by atoms with Crippen LogP contribution in [0.4, 0.5) is 0 Å². The molecular weight excluding hydrogens is 547 g/mol. The van der Waals surface area contributed by atoms with Crippen LogP contribution in [0.5, 0.6) is 0 Å². The van der Waals surface area contributed by atoms with Crippen molar-refractivity contribution >= 4 is 80.5 Å². The summed E-state index contributed by atoms with van der Waals surface area (Å²) >= 11 is 14.6. The Bertz CT molecular complexity index is 558. The first kappa shape index (κ1) is 18.6. The van der Waals surface area contributed by atoms with E-state index in [1.54, 1.807) is 41.3 Å². The molecule has 114 valence electrons. The molecule has 21 heavy (non-hydrogen) atoms. The van der Waals surface area contributed by atoms with Crippen molar-refractivity contribution in [1.29, 1.82) is 0 Å². The Kier molecular flexibility index (Phi) is 8.51. The van der Waals surface area contributed by atoms with Crippen molar-refractivity contribution in [2.75, 3.05) is 0 Å². The van der Waals surface area contributed by atoms with Gasteiger partial charge in [-0.05, 0) is 28.7 Å². The molecule has 2 aromatic heterocycles. The Labute approximate surface area is 157 Å². The molecule has 0 unspecified atom stereocenters. The molecule has 3 heterocycles. The number of H-pyrrole nitrogens is 2. The zero-order valence-corrected chi connectivity index (χ0v) is 16.1. The Morgan fingerprint density at radius 2 is 1.76 bits per heavy atom. The summed E-state index contributed by atoms with van der Waals surface area (Å²) in [6, 6.07) is 1.68. The third-order valence-electron chi connectivity index (χ3n) is 2.01. The Morgan fingerprint density at radius 3 is 1.90 bits per heavy atom. The molecule has 1 fully saturated rings. The largest absolute Gasteiger partial charge is 0.274 e. The molecule has 1 saturated heterocycles. The van der Waals surface area contributed by atoms with Gasteiger partial charge in [0.1, 0.15) is 10.3 Å². The molecule has 2 amide bonds. The normalized spacial score (nSPS) is 13.4. The van der Waals surface area contributed by atoms with E-state index in [0.717, 1.165) is 6.68 Å². The van der Waals surface area contributed by atoms with Gasteiger partial charge >= 0.3 is 0 Å². The molecule has 3 rings (SSSR count). The summed E-state index contributed by atoms with van der Waals surface area (Å²) in [5, 5.41) is 13.5. The summed E-state index contributed by atoms with van der Waals surface area (Å²) in [4.78, 5) is 21.0. The van der Waals surface area contributed by atoms with Gasteiger partial charge in [-0.2, -0.15) is 10.2 Å². The predicted octanol–water partition coefficient (Wildman–Crippen LogP) is 3.22. The fraction of sp³-hybridized carbons (Fsp3) is 0.200. The Hall–Kier alpha value is -0.400. The number of carbonyl (C=O) groups excluding carboxylic acids is 2. The maximum Gasteiger partial charge on any atom is 0.238 e. The predicted molar refractivity (Wildman–Crippen MR) is 95.0 cm³/mol. The molecule has 1 aliphatic rings. The van der Waals surface area contributed by atoms with Crippen molar-refractivity contribution in [3.05, 3.63) is 32.3 Å². The Balaban J connectivity index is 0.000000159. The van der Waals surface area contributed by atoms with E-state index in [1.807, 2.05) is 0 Å². The van der Waals surface area contributed by atoms with Crippen LogP contribution >= 0.6 is 68.7 Å². The smallest absolute Gasteiger partial charge is 0.238 e. The van der Waals surface area contributed by atoms with E-state index >= 15 is 0 Å². The number of nitrogens with one attached hydrogen (secondary N) is 2. The van der Waals surface area contributed by atoms with E-state index < -0.39 is 0 Å². The second-order valence-electron chi connectivity index (χ2n) is 3.50. The maximum atomic E-state index is 10.5. The van der Waals surface area contributed by atoms with Crippen LogP contribution in [0.3, 0.4) is 0 Å². The van der Waals surface area contributed by atoms with Gasteiger partial charge in [0.25, 0.3) is 0 Å². The summed E-state index contributed by atoms with van der Waals surface area (Å²) in [5.41, 5.74) is 0. The molecule has 1 aliphatic heterocycles. The number of hydrogen-bond donors (Lipinski definition) is 2. The summed E-state index contributed by atoms with van der Waals surface area (Å²) in [6.07, 6.45) is 4.05. The highest BCUT2D eigenvalue weighted by Gasteiger charge is 2.26. The van der Waals surface area contributed by atoms with Gasteiger partial charge in [-0.3, -0.25) is 19.8 Å². The highest BCUT2D eigenvalue weighted by molar-refractivity contribution is 14.1. The highest BCUT2D eigenvalue weighted by Crippen LogP contribution is 2.15. The minimum absolute atomic E-state index is 0.0735. The molecule has 0 atom stereocenters. The SMILES string of the molecule is Clc1[nH]ncc1I.Clc1ccn[nH]1.O=C1CCC(=O)N1I. The molecule has 2 aromatic rings. The standard InChI is InChI=1S/C4H4INO2.C3H2ClIN2.C3H3ClN2/c5-6-3(7)1-2-4(6)8;4-3-2(5)1-6-7-3;4-3-1-2-5-6-3/h1-2H2;1H,(H,6,7);1-2H,(H,5,6). The summed E-state index contributed by atoms with van der Waals surface area (Å²) < 4.78 is 2.09. The zero-order chi connectivity index (χ0) is 15.8. The zero-order valence-electron chi connectivity index (χ0n) is 10.3. The first-order chi connectivity index (χ1) is 9.91. The van der Waals surface area contributed by atoms with Gasteiger partial charge in [-0.25, -0.2) is 3.11 Å². The number of amides is 2. The van der Waals surface area contributed by atoms with Gasteiger partial charge < -0.3 is 0 Å². The third-order valence-corrected chi connectivity index (χ3v) is 4.72. The fourth-order valence-corrected chi connectivity index (χ4v) is 1.99. The number of hydrogen-bond acceptors (Lipinski definition) is 4. The van der Waals surface area contributed by atoms with Crippen molar-refractivity contribution in [2.45, 2.75) is 12.8 Å². The number of carbonyl (C=O) groups is 2. The van der Waals surface area contributed by atoms with Crippen LogP contribution < -0.4 is 0 Å². The molecule has 0 spiro atoms. The summed E-state index contributed by atoms with van der Waals surface area (Å²) in [6.45, 7) is 0. The van der Waals surface area contributed by atoms with Crippen LogP contribution in [0.25, 0.3) is 0 Å². The Morgan fingerprint density at radius 1 is 1.14 bits per heavy atom. The molecule has 0 aliphatic carbocycles. The van der Waals surface area contributed by atoms with Crippen LogP contribution in [0.1, 0.15) is 12.8 Å². The van der Waals surface area contributed by atoms with Crippen LogP contribution in [0.2, 0.25) is 10.3 Å². The van der Waals surface area contributed by atoms with Crippen LogP contribution in [0, 0.1) is 3.57 Å². The number of aromatic amines is 2. The molecule has 0 saturated carbocycles. The number of imide groups is 1. The lowest BCUT2D eigenvalue weighted by Crippen LogP contribution is -2.16. The van der Waals surface area contributed by atoms with Gasteiger partial charge in [0.05, 0.1) is 38.8 Å². The second-order valence-corrected chi connectivity index (χ2v) is 6.42. The van der Waals surface area contributed by atoms with E-state index in [1.165, 1.54) is 0 Å². The molecule has 0 bridgehead atoms. The first-order valence-electron chi connectivity index (χ1n) is 5.42. The monoisotopic (exact) mass is 555 g/mol. The van der Waals surface area contributed by atoms with Crippen molar-refractivity contribution in [3.63, 3.8) is 0 Å². The number of nitrogens with zero attached hydrogens (tertiary/aromatic N) is 3. The minimum Gasteiger partial charge on any atom is -0.274 e. The van der Waals surface area contributed by atoms with E-state index in [-0.39, 0.29) is 11.8 Å². The summed E-state index contributed by atoms with van der Waals surface area (Å²) in [7, 11) is 0. The average molecular weight is 556 g/mol. The molecule has 7 nitrogen and oxygen atoms in total. The van der Waals surface area contributed by atoms with E-state index in [9.17, 15) is 9.59 Å². The lowest BCUT2D eigenvalue weighted by atomic mass is 10.4. The van der Waals surface area contributed by atoms with E-state index in [2.05, 4.69) is 43.0 Å². The lowest BCUT2D eigenvalue weighted by molar-refractivity contribution is -0.130. The summed E-state index contributed by atoms with van der Waals surface area (Å²) in [5.74, 6) is -0.147. The van der Waals surface area contributed by atoms with Gasteiger partial charge in [0.15, 0.2) is 0 Å². The molecular formula is C10H9Cl2I2N5O2. The minimum atomic E-state index is -0.0735. The number of halogens is 4. The van der Waals surface area contributed by atoms with Crippen molar-refractivity contribution < 1.29 is 9.59 Å². The van der Waals surface area contributed by atoms with Gasteiger partial charge in [0.2, 0.25) is 11.8 Å². The molecule has 0 aromatic carbocycles. The quantitative estimate of drug-likeness (QED) is 0.297. The van der Waals surface area contributed by atoms with Gasteiger partial charge in [0, 0.05) is 12.8 Å². The first-order valence-corrected chi connectivity index (χ1v) is 8.22. The highest BCUT2D eigenvalue weighted by atomic mass is 127.